The third kappa shape index (κ3) is 6.01. The average molecular weight is 487 g/mol. The number of piperidine rings is 1. The highest BCUT2D eigenvalue weighted by Gasteiger charge is 2.30. The first-order chi connectivity index (χ1) is 16.6. The molecular formula is C26H32F2N4O3. The Morgan fingerprint density at radius 1 is 0.943 bits per heavy atom. The fourth-order valence-corrected chi connectivity index (χ4v) is 4.46. The van der Waals surface area contributed by atoms with Crippen molar-refractivity contribution < 1.29 is 23.1 Å². The quantitative estimate of drug-likeness (QED) is 0.641. The van der Waals surface area contributed by atoms with Gasteiger partial charge in [-0.25, -0.2) is 18.4 Å². The van der Waals surface area contributed by atoms with Gasteiger partial charge < -0.3 is 19.9 Å². The van der Waals surface area contributed by atoms with E-state index < -0.39 is 11.4 Å². The van der Waals surface area contributed by atoms with E-state index in [9.17, 15) is 18.4 Å². The topological polar surface area (TPSA) is 65.1 Å². The number of anilines is 3. The monoisotopic (exact) mass is 486 g/mol. The van der Waals surface area contributed by atoms with Crippen molar-refractivity contribution in [2.24, 2.45) is 5.92 Å². The number of urea groups is 1. The summed E-state index contributed by atoms with van der Waals surface area (Å²) in [6, 6.07) is 10.1. The van der Waals surface area contributed by atoms with Gasteiger partial charge in [0.25, 0.3) is 0 Å². The number of fused-ring (bicyclic) bond motifs is 1. The van der Waals surface area contributed by atoms with Crippen LogP contribution in [0.25, 0.3) is 0 Å². The van der Waals surface area contributed by atoms with Crippen LogP contribution < -0.4 is 15.1 Å². The summed E-state index contributed by atoms with van der Waals surface area (Å²) < 4.78 is 32.9. The van der Waals surface area contributed by atoms with E-state index in [1.807, 2.05) is 25.7 Å². The summed E-state index contributed by atoms with van der Waals surface area (Å²) in [6.07, 6.45) is 1.25. The maximum Gasteiger partial charge on any atom is 0.410 e. The molecule has 0 saturated carbocycles. The number of hydrogen-bond acceptors (Lipinski definition) is 4. The first-order valence-corrected chi connectivity index (χ1v) is 12.0. The van der Waals surface area contributed by atoms with E-state index in [1.165, 1.54) is 24.3 Å². The van der Waals surface area contributed by atoms with Crippen molar-refractivity contribution in [2.75, 3.05) is 42.5 Å². The molecule has 2 heterocycles. The summed E-state index contributed by atoms with van der Waals surface area (Å²) in [7, 11) is 0. The molecule has 2 aromatic rings. The highest BCUT2D eigenvalue weighted by atomic mass is 19.1. The molecule has 1 fully saturated rings. The number of nitrogens with zero attached hydrogens (tertiary/aromatic N) is 3. The molecule has 0 aliphatic carbocycles. The standard InChI is InChI=1S/C26H32F2N4O3/c1-26(2,3)35-25(34)30-12-10-18(11-13-30)17-29-24(33)32-15-14-31(21-7-4-19(27)5-8-21)23-16-20(28)6-9-22(23)32/h4-9,16,18H,10-15,17H2,1-3H3,(H,29,33). The van der Waals surface area contributed by atoms with E-state index in [-0.39, 0.29) is 23.9 Å². The number of halogens is 2. The Labute approximate surface area is 204 Å². The highest BCUT2D eigenvalue weighted by Crippen LogP contribution is 2.38. The van der Waals surface area contributed by atoms with Gasteiger partial charge >= 0.3 is 12.1 Å². The van der Waals surface area contributed by atoms with E-state index in [0.29, 0.717) is 44.1 Å². The molecule has 2 aliphatic rings. The van der Waals surface area contributed by atoms with Crippen molar-refractivity contribution in [1.82, 2.24) is 10.2 Å². The van der Waals surface area contributed by atoms with E-state index in [0.717, 1.165) is 18.5 Å². The van der Waals surface area contributed by atoms with Crippen LogP contribution in [0.3, 0.4) is 0 Å². The van der Waals surface area contributed by atoms with Gasteiger partial charge in [0.2, 0.25) is 0 Å². The summed E-state index contributed by atoms with van der Waals surface area (Å²) in [5.74, 6) is -0.496. The summed E-state index contributed by atoms with van der Waals surface area (Å²) in [6.45, 7) is 8.07. The summed E-state index contributed by atoms with van der Waals surface area (Å²) >= 11 is 0. The van der Waals surface area contributed by atoms with E-state index >= 15 is 0 Å². The minimum absolute atomic E-state index is 0.244. The smallest absolute Gasteiger partial charge is 0.410 e. The van der Waals surface area contributed by atoms with Crippen LogP contribution in [0.2, 0.25) is 0 Å². The van der Waals surface area contributed by atoms with Gasteiger partial charge in [-0.3, -0.25) is 4.90 Å². The third-order valence-electron chi connectivity index (χ3n) is 6.26. The van der Waals surface area contributed by atoms with Gasteiger partial charge in [0.15, 0.2) is 0 Å². The molecule has 4 rings (SSSR count). The summed E-state index contributed by atoms with van der Waals surface area (Å²) in [5, 5.41) is 3.01. The second-order valence-electron chi connectivity index (χ2n) is 10.0. The Balaban J connectivity index is 1.36. The van der Waals surface area contributed by atoms with Crippen LogP contribution in [0, 0.1) is 17.6 Å². The van der Waals surface area contributed by atoms with Crippen molar-refractivity contribution in [1.29, 1.82) is 0 Å². The van der Waals surface area contributed by atoms with E-state index in [4.69, 9.17) is 4.74 Å². The number of rotatable bonds is 3. The molecule has 9 heteroatoms. The van der Waals surface area contributed by atoms with Gasteiger partial charge in [0.1, 0.15) is 17.2 Å². The lowest BCUT2D eigenvalue weighted by atomic mass is 9.97. The second kappa shape index (κ2) is 10.1. The van der Waals surface area contributed by atoms with Crippen LogP contribution >= 0.6 is 0 Å². The molecule has 7 nitrogen and oxygen atoms in total. The van der Waals surface area contributed by atoms with Gasteiger partial charge in [0, 0.05) is 38.4 Å². The predicted octanol–water partition coefficient (Wildman–Crippen LogP) is 5.28. The average Bonchev–Trinajstić information content (AvgIpc) is 2.81. The molecule has 0 bridgehead atoms. The zero-order valence-corrected chi connectivity index (χ0v) is 20.4. The van der Waals surface area contributed by atoms with Crippen molar-refractivity contribution in [3.05, 3.63) is 54.1 Å². The van der Waals surface area contributed by atoms with Crippen LogP contribution in [0.4, 0.5) is 35.4 Å². The first-order valence-electron chi connectivity index (χ1n) is 12.0. The zero-order valence-electron chi connectivity index (χ0n) is 20.4. The number of amides is 3. The molecule has 2 aromatic carbocycles. The Kier molecular flexibility index (Phi) is 7.14. The molecule has 0 radical (unpaired) electrons. The third-order valence-corrected chi connectivity index (χ3v) is 6.26. The van der Waals surface area contributed by atoms with Crippen LogP contribution in [-0.4, -0.2) is 55.3 Å². The molecule has 0 atom stereocenters. The normalized spacial score (nSPS) is 16.7. The highest BCUT2D eigenvalue weighted by molar-refractivity contribution is 5.98. The van der Waals surface area contributed by atoms with Crippen molar-refractivity contribution in [3.63, 3.8) is 0 Å². The Morgan fingerprint density at radius 2 is 1.60 bits per heavy atom. The summed E-state index contributed by atoms with van der Waals surface area (Å²) in [5.41, 5.74) is 1.36. The maximum absolute atomic E-state index is 14.1. The number of likely N-dealkylation sites (tertiary alicyclic amines) is 1. The Morgan fingerprint density at radius 3 is 2.26 bits per heavy atom. The molecule has 1 N–H and O–H groups in total. The van der Waals surface area contributed by atoms with Crippen molar-refractivity contribution >= 4 is 29.2 Å². The molecule has 35 heavy (non-hydrogen) atoms. The summed E-state index contributed by atoms with van der Waals surface area (Å²) in [4.78, 5) is 30.5. The van der Waals surface area contributed by atoms with E-state index in [2.05, 4.69) is 5.32 Å². The molecule has 2 aliphatic heterocycles. The van der Waals surface area contributed by atoms with Crippen LogP contribution in [0.5, 0.6) is 0 Å². The molecular weight excluding hydrogens is 454 g/mol. The minimum Gasteiger partial charge on any atom is -0.444 e. The number of carbonyl (C=O) groups excluding carboxylic acids is 2. The van der Waals surface area contributed by atoms with Gasteiger partial charge in [-0.15, -0.1) is 0 Å². The fourth-order valence-electron chi connectivity index (χ4n) is 4.46. The zero-order chi connectivity index (χ0) is 25.2. The maximum atomic E-state index is 14.1. The number of benzene rings is 2. The molecule has 0 aromatic heterocycles. The molecule has 1 saturated heterocycles. The molecule has 188 valence electrons. The van der Waals surface area contributed by atoms with Crippen LogP contribution in [-0.2, 0) is 4.74 Å². The van der Waals surface area contributed by atoms with E-state index in [1.54, 1.807) is 28.0 Å². The molecule has 0 spiro atoms. The van der Waals surface area contributed by atoms with Crippen molar-refractivity contribution in [3.8, 4) is 0 Å². The Hall–Kier alpha value is -3.36. The second-order valence-corrected chi connectivity index (χ2v) is 10.0. The molecule has 3 amide bonds. The van der Waals surface area contributed by atoms with Crippen molar-refractivity contribution in [2.45, 2.75) is 39.2 Å². The Bertz CT molecular complexity index is 1060. The first kappa shape index (κ1) is 24.8. The predicted molar refractivity (Wildman–Crippen MR) is 131 cm³/mol. The lowest BCUT2D eigenvalue weighted by Gasteiger charge is -2.38. The van der Waals surface area contributed by atoms with Crippen LogP contribution in [0.15, 0.2) is 42.5 Å². The lowest BCUT2D eigenvalue weighted by Crippen LogP contribution is -2.49. The number of hydrogen-bond donors (Lipinski definition) is 1. The van der Waals surface area contributed by atoms with Gasteiger partial charge in [-0.2, -0.15) is 0 Å². The SMILES string of the molecule is CC(C)(C)OC(=O)N1CCC(CNC(=O)N2CCN(c3ccc(F)cc3)c3cc(F)ccc32)CC1. The van der Waals surface area contributed by atoms with Crippen LogP contribution in [0.1, 0.15) is 33.6 Å². The number of carbonyl (C=O) groups is 2. The minimum atomic E-state index is -0.526. The lowest BCUT2D eigenvalue weighted by molar-refractivity contribution is 0.0184. The number of nitrogens with one attached hydrogen (secondary N) is 1. The molecule has 0 unspecified atom stereocenters. The largest absolute Gasteiger partial charge is 0.444 e. The fraction of sp³-hybridized carbons (Fsp3) is 0.462. The van der Waals surface area contributed by atoms with Gasteiger partial charge in [-0.05, 0) is 82.0 Å². The van der Waals surface area contributed by atoms with Gasteiger partial charge in [0.05, 0.1) is 11.4 Å². The number of ether oxygens (including phenoxy) is 1. The van der Waals surface area contributed by atoms with Gasteiger partial charge in [-0.1, -0.05) is 0 Å².